The van der Waals surface area contributed by atoms with Crippen molar-refractivity contribution in [2.24, 2.45) is 0 Å². The van der Waals surface area contributed by atoms with Gasteiger partial charge in [-0.1, -0.05) is 84.9 Å². The van der Waals surface area contributed by atoms with Crippen LogP contribution in [0.4, 0.5) is 0 Å². The maximum absolute atomic E-state index is 6.61. The van der Waals surface area contributed by atoms with Gasteiger partial charge in [-0.25, -0.2) is 0 Å². The number of fused-ring (bicyclic) bond motifs is 10. The minimum Gasteiger partial charge on any atom is -0.455 e. The average molecular weight is 575 g/mol. The van der Waals surface area contributed by atoms with Gasteiger partial charge in [0.25, 0.3) is 0 Å². The molecule has 10 rings (SSSR count). The Morgan fingerprint density at radius 2 is 1.13 bits per heavy atom. The maximum atomic E-state index is 6.61. The van der Waals surface area contributed by atoms with Gasteiger partial charge in [0.2, 0.25) is 0 Å². The third kappa shape index (κ3) is 3.52. The lowest BCUT2D eigenvalue weighted by molar-refractivity contribution is 0.673. The van der Waals surface area contributed by atoms with E-state index in [1.807, 2.05) is 6.07 Å². The van der Waals surface area contributed by atoms with Gasteiger partial charge in [-0.3, -0.25) is 0 Å². The van der Waals surface area contributed by atoms with E-state index in [4.69, 9.17) is 4.42 Å². The fraction of sp³-hybridized carbons (Fsp3) is 0. The van der Waals surface area contributed by atoms with Crippen molar-refractivity contribution >= 4 is 65.4 Å². The lowest BCUT2D eigenvalue weighted by atomic mass is 10.00. The third-order valence-electron chi connectivity index (χ3n) is 9.32. The first-order chi connectivity index (χ1) is 22.3. The molecule has 3 aromatic heterocycles. The summed E-state index contributed by atoms with van der Waals surface area (Å²) in [5, 5.41) is 8.27. The molecule has 0 fully saturated rings. The molecular weight excluding hydrogens is 548 g/mol. The van der Waals surface area contributed by atoms with Crippen LogP contribution in [0.2, 0.25) is 0 Å². The topological polar surface area (TPSA) is 23.0 Å². The van der Waals surface area contributed by atoms with Crippen LogP contribution in [0.3, 0.4) is 0 Å². The lowest BCUT2D eigenvalue weighted by Gasteiger charge is -2.10. The van der Waals surface area contributed by atoms with Crippen LogP contribution < -0.4 is 0 Å². The predicted octanol–water partition coefficient (Wildman–Crippen LogP) is 11.4. The molecule has 7 aromatic carbocycles. The SMILES string of the molecule is c1ccc(-n2ccc3cc(-c4ccc5c(c4)c4ccc6ccc7c8ccccc8oc7c6c4n5-c4ccccc4)ccc32)cc1. The van der Waals surface area contributed by atoms with Gasteiger partial charge >= 0.3 is 0 Å². The molecule has 0 amide bonds. The maximum Gasteiger partial charge on any atom is 0.145 e. The number of para-hydroxylation sites is 3. The van der Waals surface area contributed by atoms with E-state index < -0.39 is 0 Å². The second-order valence-electron chi connectivity index (χ2n) is 11.8. The van der Waals surface area contributed by atoms with E-state index in [-0.39, 0.29) is 0 Å². The van der Waals surface area contributed by atoms with Crippen LogP contribution in [-0.4, -0.2) is 9.13 Å². The normalized spacial score (nSPS) is 12.0. The monoisotopic (exact) mass is 574 g/mol. The zero-order valence-corrected chi connectivity index (χ0v) is 24.3. The largest absolute Gasteiger partial charge is 0.455 e. The van der Waals surface area contributed by atoms with Crippen molar-refractivity contribution in [2.45, 2.75) is 0 Å². The fourth-order valence-electron chi connectivity index (χ4n) is 7.25. The van der Waals surface area contributed by atoms with Gasteiger partial charge in [0.05, 0.1) is 16.6 Å². The van der Waals surface area contributed by atoms with Crippen LogP contribution in [-0.2, 0) is 0 Å². The van der Waals surface area contributed by atoms with Crippen molar-refractivity contribution in [1.29, 1.82) is 0 Å². The first-order valence-corrected chi connectivity index (χ1v) is 15.4. The highest BCUT2D eigenvalue weighted by atomic mass is 16.3. The molecule has 0 atom stereocenters. The van der Waals surface area contributed by atoms with Crippen LogP contribution in [0.1, 0.15) is 0 Å². The first kappa shape index (κ1) is 24.4. The number of hydrogen-bond donors (Lipinski definition) is 0. The molecule has 0 saturated carbocycles. The summed E-state index contributed by atoms with van der Waals surface area (Å²) in [7, 11) is 0. The van der Waals surface area contributed by atoms with Crippen LogP contribution >= 0.6 is 0 Å². The van der Waals surface area contributed by atoms with E-state index in [1.165, 1.54) is 54.9 Å². The summed E-state index contributed by atoms with van der Waals surface area (Å²) in [5.41, 5.74) is 10.1. The van der Waals surface area contributed by atoms with Gasteiger partial charge in [-0.05, 0) is 83.2 Å². The minimum atomic E-state index is 0.915. The standard InChI is InChI=1S/C42H26N2O/c1-3-9-31(10-4-1)43-24-23-30-25-28(17-21-37(30)43)29-18-22-38-36(26-29)34-19-15-27-16-20-35-33-13-7-8-14-39(33)45-42(35)40(27)41(34)44(38)32-11-5-2-6-12-32/h1-26H. The number of rotatable bonds is 3. The third-order valence-corrected chi connectivity index (χ3v) is 9.32. The lowest BCUT2D eigenvalue weighted by Crippen LogP contribution is -1.94. The molecule has 0 aliphatic rings. The number of benzene rings is 7. The summed E-state index contributed by atoms with van der Waals surface area (Å²) in [4.78, 5) is 0. The summed E-state index contributed by atoms with van der Waals surface area (Å²) < 4.78 is 11.3. The van der Waals surface area contributed by atoms with Crippen LogP contribution in [0.5, 0.6) is 0 Å². The molecule has 0 N–H and O–H groups in total. The predicted molar refractivity (Wildman–Crippen MR) is 188 cm³/mol. The molecule has 0 aliphatic carbocycles. The molecule has 3 nitrogen and oxygen atoms in total. The van der Waals surface area contributed by atoms with Gasteiger partial charge in [-0.15, -0.1) is 0 Å². The van der Waals surface area contributed by atoms with Crippen molar-refractivity contribution < 1.29 is 4.42 Å². The Labute approximate surface area is 258 Å². The second-order valence-corrected chi connectivity index (χ2v) is 11.8. The van der Waals surface area contributed by atoms with Crippen molar-refractivity contribution in [1.82, 2.24) is 9.13 Å². The molecule has 45 heavy (non-hydrogen) atoms. The Balaban J connectivity index is 1.25. The fourth-order valence-corrected chi connectivity index (χ4v) is 7.25. The van der Waals surface area contributed by atoms with E-state index in [2.05, 4.69) is 161 Å². The highest BCUT2D eigenvalue weighted by Crippen LogP contribution is 2.43. The van der Waals surface area contributed by atoms with Crippen LogP contribution in [0.15, 0.2) is 162 Å². The molecule has 3 heteroatoms. The quantitative estimate of drug-likeness (QED) is 0.206. The molecule has 0 radical (unpaired) electrons. The molecule has 210 valence electrons. The number of aromatic nitrogens is 2. The first-order valence-electron chi connectivity index (χ1n) is 15.4. The Hall–Kier alpha value is -6.06. The highest BCUT2D eigenvalue weighted by molar-refractivity contribution is 6.27. The highest BCUT2D eigenvalue weighted by Gasteiger charge is 2.20. The molecule has 0 saturated heterocycles. The van der Waals surface area contributed by atoms with Crippen molar-refractivity contribution in [3.63, 3.8) is 0 Å². The van der Waals surface area contributed by atoms with E-state index in [9.17, 15) is 0 Å². The average Bonchev–Trinajstić information content (AvgIpc) is 3.80. The van der Waals surface area contributed by atoms with Gasteiger partial charge < -0.3 is 13.6 Å². The molecule has 0 aliphatic heterocycles. The van der Waals surface area contributed by atoms with E-state index in [1.54, 1.807) is 0 Å². The second kappa shape index (κ2) is 9.22. The zero-order valence-electron chi connectivity index (χ0n) is 24.3. The summed E-state index contributed by atoms with van der Waals surface area (Å²) in [6.07, 6.45) is 2.16. The molecule has 3 heterocycles. The van der Waals surface area contributed by atoms with Crippen molar-refractivity contribution in [3.05, 3.63) is 158 Å². The summed E-state index contributed by atoms with van der Waals surface area (Å²) in [6, 6.07) is 54.4. The number of furan rings is 1. The van der Waals surface area contributed by atoms with Crippen LogP contribution in [0.25, 0.3) is 87.9 Å². The molecule has 0 bridgehead atoms. The van der Waals surface area contributed by atoms with E-state index in [0.29, 0.717) is 0 Å². The minimum absolute atomic E-state index is 0.915. The Kier molecular flexibility index (Phi) is 5.00. The molecule has 10 aromatic rings. The van der Waals surface area contributed by atoms with Crippen molar-refractivity contribution in [2.75, 3.05) is 0 Å². The van der Waals surface area contributed by atoms with E-state index >= 15 is 0 Å². The van der Waals surface area contributed by atoms with Gasteiger partial charge in [0, 0.05) is 49.9 Å². The van der Waals surface area contributed by atoms with E-state index in [0.717, 1.165) is 33.0 Å². The van der Waals surface area contributed by atoms with Gasteiger partial charge in [0.15, 0.2) is 0 Å². The zero-order chi connectivity index (χ0) is 29.5. The van der Waals surface area contributed by atoms with Gasteiger partial charge in [0.1, 0.15) is 11.2 Å². The molecule has 0 spiro atoms. The van der Waals surface area contributed by atoms with Gasteiger partial charge in [-0.2, -0.15) is 0 Å². The summed E-state index contributed by atoms with van der Waals surface area (Å²) in [5.74, 6) is 0. The van der Waals surface area contributed by atoms with Crippen LogP contribution in [0, 0.1) is 0 Å². The Morgan fingerprint density at radius 1 is 0.444 bits per heavy atom. The summed E-state index contributed by atoms with van der Waals surface area (Å²) >= 11 is 0. The number of nitrogens with zero attached hydrogens (tertiary/aromatic N) is 2. The molecular formula is C42H26N2O. The smallest absolute Gasteiger partial charge is 0.145 e. The van der Waals surface area contributed by atoms with Crippen molar-refractivity contribution in [3.8, 4) is 22.5 Å². The number of hydrogen-bond acceptors (Lipinski definition) is 1. The Morgan fingerprint density at radius 3 is 1.96 bits per heavy atom. The summed E-state index contributed by atoms with van der Waals surface area (Å²) in [6.45, 7) is 0. The Bertz CT molecular complexity index is 2740. The molecule has 0 unspecified atom stereocenters.